The molecule has 128 valence electrons. The predicted octanol–water partition coefficient (Wildman–Crippen LogP) is 0.0412. The molecule has 8 heteroatoms. The number of piperazine rings is 1. The molecule has 2 aromatic rings. The minimum Gasteiger partial charge on any atom is -0.336 e. The summed E-state index contributed by atoms with van der Waals surface area (Å²) < 4.78 is 1.47. The average Bonchev–Trinajstić information content (AvgIpc) is 2.93. The van der Waals surface area contributed by atoms with E-state index in [-0.39, 0.29) is 11.5 Å². The van der Waals surface area contributed by atoms with Crippen molar-refractivity contribution in [3.63, 3.8) is 0 Å². The first-order chi connectivity index (χ1) is 11.6. The Hall–Kier alpha value is -2.48. The third-order valence-corrected chi connectivity index (χ3v) is 4.41. The number of amides is 1. The van der Waals surface area contributed by atoms with Crippen molar-refractivity contribution >= 4 is 5.91 Å². The maximum absolute atomic E-state index is 12.6. The molecule has 0 bridgehead atoms. The van der Waals surface area contributed by atoms with Crippen LogP contribution in [0.5, 0.6) is 0 Å². The lowest BCUT2D eigenvalue weighted by atomic mass is 10.1. The highest BCUT2D eigenvalue weighted by molar-refractivity contribution is 5.96. The van der Waals surface area contributed by atoms with Crippen molar-refractivity contribution in [3.05, 3.63) is 45.6 Å². The monoisotopic (exact) mass is 330 g/mol. The summed E-state index contributed by atoms with van der Waals surface area (Å²) in [5, 5.41) is 11.0. The van der Waals surface area contributed by atoms with E-state index in [4.69, 9.17) is 0 Å². The number of carbonyl (C=O) groups excluding carboxylic acids is 1. The third-order valence-electron chi connectivity index (χ3n) is 4.41. The number of aromatic nitrogens is 4. The molecule has 0 aromatic carbocycles. The molecule has 0 radical (unpaired) electrons. The summed E-state index contributed by atoms with van der Waals surface area (Å²) in [6.45, 7) is 7.98. The number of H-pyrrole nitrogens is 1. The maximum Gasteiger partial charge on any atom is 0.266 e. The van der Waals surface area contributed by atoms with Gasteiger partial charge < -0.3 is 4.90 Å². The van der Waals surface area contributed by atoms with Gasteiger partial charge in [0, 0.05) is 50.7 Å². The van der Waals surface area contributed by atoms with Gasteiger partial charge in [0.25, 0.3) is 11.5 Å². The Morgan fingerprint density at radius 2 is 1.96 bits per heavy atom. The fraction of sp³-hybridized carbons (Fsp3) is 0.500. The number of nitrogens with zero attached hydrogens (tertiary/aromatic N) is 5. The molecule has 1 aliphatic heterocycles. The van der Waals surface area contributed by atoms with E-state index in [1.54, 1.807) is 12.3 Å². The van der Waals surface area contributed by atoms with E-state index in [1.165, 1.54) is 10.7 Å². The van der Waals surface area contributed by atoms with Gasteiger partial charge in [-0.2, -0.15) is 10.2 Å². The molecule has 0 saturated carbocycles. The number of aromatic amines is 1. The summed E-state index contributed by atoms with van der Waals surface area (Å²) in [6.07, 6.45) is 1.62. The van der Waals surface area contributed by atoms with Crippen LogP contribution in [0.15, 0.2) is 23.1 Å². The van der Waals surface area contributed by atoms with Crippen molar-refractivity contribution in [1.29, 1.82) is 0 Å². The normalized spacial score (nSPS) is 15.7. The fourth-order valence-electron chi connectivity index (χ4n) is 2.99. The molecule has 1 amide bonds. The van der Waals surface area contributed by atoms with Crippen LogP contribution in [0.3, 0.4) is 0 Å². The van der Waals surface area contributed by atoms with Crippen molar-refractivity contribution < 1.29 is 4.79 Å². The smallest absolute Gasteiger partial charge is 0.266 e. The second kappa shape index (κ2) is 6.96. The van der Waals surface area contributed by atoms with Crippen LogP contribution in [0.1, 0.15) is 21.7 Å². The van der Waals surface area contributed by atoms with Crippen LogP contribution in [-0.2, 0) is 6.54 Å². The molecule has 3 heterocycles. The number of rotatable bonds is 4. The average molecular weight is 330 g/mol. The van der Waals surface area contributed by atoms with Gasteiger partial charge in [-0.15, -0.1) is 0 Å². The van der Waals surface area contributed by atoms with E-state index < -0.39 is 0 Å². The van der Waals surface area contributed by atoms with Gasteiger partial charge in [-0.05, 0) is 19.9 Å². The van der Waals surface area contributed by atoms with Gasteiger partial charge in [0.15, 0.2) is 0 Å². The second-order valence-corrected chi connectivity index (χ2v) is 6.03. The van der Waals surface area contributed by atoms with Gasteiger partial charge in [-0.3, -0.25) is 19.6 Å². The van der Waals surface area contributed by atoms with Crippen molar-refractivity contribution in [1.82, 2.24) is 29.8 Å². The summed E-state index contributed by atoms with van der Waals surface area (Å²) in [5.41, 5.74) is 2.16. The largest absolute Gasteiger partial charge is 0.336 e. The molecule has 0 unspecified atom stereocenters. The lowest BCUT2D eigenvalue weighted by molar-refractivity contribution is 0.0630. The SMILES string of the molecule is Cc1n[nH]c(C)c1C(=O)N1CCN(CCn2ncccc2=O)CC1. The number of aryl methyl sites for hydroxylation is 2. The molecule has 0 spiro atoms. The number of carbonyl (C=O) groups is 1. The van der Waals surface area contributed by atoms with Crippen LogP contribution in [0.4, 0.5) is 0 Å². The Morgan fingerprint density at radius 3 is 2.58 bits per heavy atom. The van der Waals surface area contributed by atoms with Gasteiger partial charge in [0.2, 0.25) is 0 Å². The van der Waals surface area contributed by atoms with Crippen molar-refractivity contribution in [2.75, 3.05) is 32.7 Å². The molecular formula is C16H22N6O2. The summed E-state index contributed by atoms with van der Waals surface area (Å²) in [5.74, 6) is 0.0411. The molecule has 1 saturated heterocycles. The fourth-order valence-corrected chi connectivity index (χ4v) is 2.99. The van der Waals surface area contributed by atoms with Crippen LogP contribution in [0, 0.1) is 13.8 Å². The van der Waals surface area contributed by atoms with Crippen molar-refractivity contribution in [2.24, 2.45) is 0 Å². The van der Waals surface area contributed by atoms with E-state index in [1.807, 2.05) is 18.7 Å². The first-order valence-electron chi connectivity index (χ1n) is 8.11. The van der Waals surface area contributed by atoms with Crippen molar-refractivity contribution in [3.8, 4) is 0 Å². The predicted molar refractivity (Wildman–Crippen MR) is 88.9 cm³/mol. The minimum absolute atomic E-state index is 0.0411. The van der Waals surface area contributed by atoms with Gasteiger partial charge in [0.05, 0.1) is 17.8 Å². The molecule has 0 atom stereocenters. The van der Waals surface area contributed by atoms with E-state index in [0.717, 1.165) is 31.0 Å². The highest BCUT2D eigenvalue weighted by Crippen LogP contribution is 2.14. The van der Waals surface area contributed by atoms with Crippen LogP contribution < -0.4 is 5.56 Å². The van der Waals surface area contributed by atoms with Crippen LogP contribution in [-0.4, -0.2) is 68.4 Å². The Labute approximate surface area is 140 Å². The quantitative estimate of drug-likeness (QED) is 0.855. The number of hydrogen-bond donors (Lipinski definition) is 1. The zero-order valence-corrected chi connectivity index (χ0v) is 14.0. The molecule has 0 aliphatic carbocycles. The topological polar surface area (TPSA) is 87.1 Å². The van der Waals surface area contributed by atoms with Gasteiger partial charge in [0.1, 0.15) is 0 Å². The zero-order valence-electron chi connectivity index (χ0n) is 14.0. The van der Waals surface area contributed by atoms with E-state index >= 15 is 0 Å². The molecule has 2 aromatic heterocycles. The van der Waals surface area contributed by atoms with Crippen LogP contribution >= 0.6 is 0 Å². The highest BCUT2D eigenvalue weighted by atomic mass is 16.2. The Kier molecular flexibility index (Phi) is 4.75. The Balaban J connectivity index is 1.53. The van der Waals surface area contributed by atoms with Gasteiger partial charge in [-0.1, -0.05) is 0 Å². The third kappa shape index (κ3) is 3.38. The first kappa shape index (κ1) is 16.4. The van der Waals surface area contributed by atoms with Crippen molar-refractivity contribution in [2.45, 2.75) is 20.4 Å². The van der Waals surface area contributed by atoms with Gasteiger partial charge >= 0.3 is 0 Å². The molecule has 8 nitrogen and oxygen atoms in total. The highest BCUT2D eigenvalue weighted by Gasteiger charge is 2.25. The first-order valence-corrected chi connectivity index (χ1v) is 8.11. The zero-order chi connectivity index (χ0) is 17.1. The van der Waals surface area contributed by atoms with Gasteiger partial charge in [-0.25, -0.2) is 4.68 Å². The summed E-state index contributed by atoms with van der Waals surface area (Å²) >= 11 is 0. The Morgan fingerprint density at radius 1 is 1.21 bits per heavy atom. The molecule has 1 fully saturated rings. The van der Waals surface area contributed by atoms with E-state index in [2.05, 4.69) is 20.2 Å². The Bertz CT molecular complexity index is 753. The molecular weight excluding hydrogens is 308 g/mol. The van der Waals surface area contributed by atoms with Crippen LogP contribution in [0.25, 0.3) is 0 Å². The van der Waals surface area contributed by atoms with Crippen LogP contribution in [0.2, 0.25) is 0 Å². The second-order valence-electron chi connectivity index (χ2n) is 6.03. The van der Waals surface area contributed by atoms with E-state index in [9.17, 15) is 9.59 Å². The summed E-state index contributed by atoms with van der Waals surface area (Å²) in [6, 6.07) is 3.16. The molecule has 1 N–H and O–H groups in total. The summed E-state index contributed by atoms with van der Waals surface area (Å²) in [4.78, 5) is 28.4. The molecule has 3 rings (SSSR count). The number of nitrogens with one attached hydrogen (secondary N) is 1. The maximum atomic E-state index is 12.6. The lowest BCUT2D eigenvalue weighted by Crippen LogP contribution is -2.49. The number of hydrogen-bond acceptors (Lipinski definition) is 5. The minimum atomic E-state index is -0.0859. The standard InChI is InChI=1S/C16H22N6O2/c1-12-15(13(2)19-18-12)16(24)21-9-6-20(7-10-21)8-11-22-14(23)4-3-5-17-22/h3-5H,6-11H2,1-2H3,(H,18,19). The summed E-state index contributed by atoms with van der Waals surface area (Å²) in [7, 11) is 0. The lowest BCUT2D eigenvalue weighted by Gasteiger charge is -2.34. The molecule has 24 heavy (non-hydrogen) atoms. The van der Waals surface area contributed by atoms with E-state index in [0.29, 0.717) is 25.2 Å². The molecule has 1 aliphatic rings.